The number of hydrogen-bond donors (Lipinski definition) is 1. The van der Waals surface area contributed by atoms with Gasteiger partial charge >= 0.3 is 0 Å². The first-order valence-corrected chi connectivity index (χ1v) is 4.05. The number of aromatic nitrogens is 2. The molecule has 1 aromatic heterocycles. The molecule has 13 heavy (non-hydrogen) atoms. The van der Waals surface area contributed by atoms with Gasteiger partial charge in [0, 0.05) is 18.1 Å². The summed E-state index contributed by atoms with van der Waals surface area (Å²) in [6.45, 7) is 3.69. The molecule has 3 heteroatoms. The van der Waals surface area contributed by atoms with Crippen molar-refractivity contribution in [2.75, 3.05) is 0 Å². The molecule has 3 nitrogen and oxygen atoms in total. The minimum Gasteiger partial charge on any atom is -0.399 e. The third kappa shape index (κ3) is 1.18. The van der Waals surface area contributed by atoms with E-state index in [9.17, 15) is 0 Å². The topological polar surface area (TPSA) is 43.8 Å². The first kappa shape index (κ1) is 7.86. The molecule has 0 atom stereocenters. The van der Waals surface area contributed by atoms with E-state index in [1.165, 1.54) is 0 Å². The zero-order valence-electron chi connectivity index (χ0n) is 7.49. The minimum absolute atomic E-state index is 0.589. The third-order valence-electron chi connectivity index (χ3n) is 2.12. The van der Waals surface area contributed by atoms with Crippen molar-refractivity contribution in [1.82, 2.24) is 9.78 Å². The summed E-state index contributed by atoms with van der Waals surface area (Å²) in [7, 11) is 1.92. The zero-order chi connectivity index (χ0) is 9.42. The lowest BCUT2D eigenvalue weighted by Gasteiger charge is -1.99. The number of nitrogens with two attached hydrogens (primary N) is 1. The summed E-state index contributed by atoms with van der Waals surface area (Å²) >= 11 is 0. The van der Waals surface area contributed by atoms with Gasteiger partial charge in [-0.1, -0.05) is 12.6 Å². The van der Waals surface area contributed by atoms with E-state index in [-0.39, 0.29) is 0 Å². The van der Waals surface area contributed by atoms with Crippen molar-refractivity contribution in [2.45, 2.75) is 0 Å². The maximum absolute atomic E-state index is 5.59. The van der Waals surface area contributed by atoms with Crippen LogP contribution in [0.2, 0.25) is 0 Å². The lowest BCUT2D eigenvalue weighted by molar-refractivity contribution is 0.797. The molecule has 0 saturated carbocycles. The highest BCUT2D eigenvalue weighted by Crippen LogP contribution is 2.17. The van der Waals surface area contributed by atoms with Gasteiger partial charge in [-0.2, -0.15) is 5.10 Å². The van der Waals surface area contributed by atoms with Gasteiger partial charge < -0.3 is 5.73 Å². The Morgan fingerprint density at radius 1 is 1.54 bits per heavy atom. The molecule has 0 aliphatic rings. The highest BCUT2D eigenvalue weighted by molar-refractivity contribution is 5.82. The van der Waals surface area contributed by atoms with Crippen LogP contribution in [0.5, 0.6) is 0 Å². The molecule has 0 bridgehead atoms. The fraction of sp³-hybridized carbons (Fsp3) is 0.100. The van der Waals surface area contributed by atoms with Gasteiger partial charge in [-0.05, 0) is 17.7 Å². The second kappa shape index (κ2) is 2.62. The molecular formula is C10H11N3. The Morgan fingerprint density at radius 3 is 3.00 bits per heavy atom. The van der Waals surface area contributed by atoms with Crippen molar-refractivity contribution >= 4 is 16.6 Å². The van der Waals surface area contributed by atoms with Gasteiger partial charge in [0.25, 0.3) is 0 Å². The maximum atomic E-state index is 5.59. The molecule has 0 amide bonds. The molecule has 2 rings (SSSR count). The van der Waals surface area contributed by atoms with Crippen molar-refractivity contribution < 1.29 is 0 Å². The largest absolute Gasteiger partial charge is 0.399 e. The van der Waals surface area contributed by atoms with Gasteiger partial charge in [0.1, 0.15) is 0 Å². The molecule has 1 aromatic carbocycles. The molecule has 0 saturated heterocycles. The quantitative estimate of drug-likeness (QED) is 0.710. The molecule has 0 aliphatic heterocycles. The maximum Gasteiger partial charge on any atom is 0.0679 e. The summed E-state index contributed by atoms with van der Waals surface area (Å²) < 4.78 is 1.83. The number of hydrogen-bond acceptors (Lipinski definition) is 2. The Hall–Kier alpha value is -1.77. The van der Waals surface area contributed by atoms with Gasteiger partial charge in [0.15, 0.2) is 0 Å². The van der Waals surface area contributed by atoms with Crippen LogP contribution in [0.15, 0.2) is 31.0 Å². The van der Waals surface area contributed by atoms with E-state index in [4.69, 9.17) is 5.73 Å². The van der Waals surface area contributed by atoms with Crippen LogP contribution in [0.4, 0.5) is 0 Å². The Labute approximate surface area is 76.5 Å². The Morgan fingerprint density at radius 2 is 2.31 bits per heavy atom. The van der Waals surface area contributed by atoms with Crippen molar-refractivity contribution in [3.8, 4) is 0 Å². The second-order valence-electron chi connectivity index (χ2n) is 3.07. The van der Waals surface area contributed by atoms with E-state index in [0.29, 0.717) is 5.70 Å². The van der Waals surface area contributed by atoms with E-state index in [1.54, 1.807) is 0 Å². The molecule has 1 heterocycles. The molecule has 0 radical (unpaired) electrons. The number of rotatable bonds is 1. The van der Waals surface area contributed by atoms with E-state index >= 15 is 0 Å². The highest BCUT2D eigenvalue weighted by atomic mass is 15.2. The van der Waals surface area contributed by atoms with Gasteiger partial charge in [-0.25, -0.2) is 0 Å². The first-order valence-electron chi connectivity index (χ1n) is 4.05. The van der Waals surface area contributed by atoms with E-state index < -0.39 is 0 Å². The van der Waals surface area contributed by atoms with Gasteiger partial charge in [0.2, 0.25) is 0 Å². The first-order chi connectivity index (χ1) is 6.18. The van der Waals surface area contributed by atoms with Crippen molar-refractivity contribution in [2.24, 2.45) is 12.8 Å². The smallest absolute Gasteiger partial charge is 0.0679 e. The Kier molecular flexibility index (Phi) is 1.59. The zero-order valence-corrected chi connectivity index (χ0v) is 7.49. The predicted molar refractivity (Wildman–Crippen MR) is 53.9 cm³/mol. The van der Waals surface area contributed by atoms with Crippen LogP contribution in [0.25, 0.3) is 16.6 Å². The minimum atomic E-state index is 0.589. The molecule has 2 N–H and O–H groups in total. The molecule has 66 valence electrons. The van der Waals surface area contributed by atoms with E-state index in [0.717, 1.165) is 16.5 Å². The molecule has 0 spiro atoms. The third-order valence-corrected chi connectivity index (χ3v) is 2.12. The fourth-order valence-corrected chi connectivity index (χ4v) is 1.36. The predicted octanol–water partition coefficient (Wildman–Crippen LogP) is 1.50. The van der Waals surface area contributed by atoms with E-state index in [2.05, 4.69) is 11.7 Å². The average Bonchev–Trinajstić information content (AvgIpc) is 2.47. The monoisotopic (exact) mass is 173 g/mol. The standard InChI is InChI=1S/C10H11N3/c1-7(11)8-3-4-10-9(5-8)6-12-13(10)2/h3-6H,1,11H2,2H3. The molecule has 0 fully saturated rings. The van der Waals surface area contributed by atoms with Crippen LogP contribution in [0.1, 0.15) is 5.56 Å². The van der Waals surface area contributed by atoms with E-state index in [1.807, 2.05) is 36.1 Å². The van der Waals surface area contributed by atoms with Gasteiger partial charge in [-0.3, -0.25) is 4.68 Å². The summed E-state index contributed by atoms with van der Waals surface area (Å²) in [5.74, 6) is 0. The van der Waals surface area contributed by atoms with Crippen molar-refractivity contribution in [3.05, 3.63) is 36.5 Å². The summed E-state index contributed by atoms with van der Waals surface area (Å²) in [5, 5.41) is 5.23. The summed E-state index contributed by atoms with van der Waals surface area (Å²) in [6.07, 6.45) is 1.82. The van der Waals surface area contributed by atoms with Crippen molar-refractivity contribution in [1.29, 1.82) is 0 Å². The summed E-state index contributed by atoms with van der Waals surface area (Å²) in [5.41, 5.74) is 8.24. The van der Waals surface area contributed by atoms with Gasteiger partial charge in [-0.15, -0.1) is 0 Å². The number of aryl methyl sites for hydroxylation is 1. The Bertz CT molecular complexity index is 468. The molecule has 0 aliphatic carbocycles. The number of fused-ring (bicyclic) bond motifs is 1. The number of nitrogens with zero attached hydrogens (tertiary/aromatic N) is 2. The fourth-order valence-electron chi connectivity index (χ4n) is 1.36. The lowest BCUT2D eigenvalue weighted by Crippen LogP contribution is -1.93. The van der Waals surface area contributed by atoms with Crippen LogP contribution in [-0.2, 0) is 7.05 Å². The normalized spacial score (nSPS) is 10.5. The van der Waals surface area contributed by atoms with Crippen molar-refractivity contribution in [3.63, 3.8) is 0 Å². The summed E-state index contributed by atoms with van der Waals surface area (Å²) in [6, 6.07) is 5.94. The average molecular weight is 173 g/mol. The SMILES string of the molecule is C=C(N)c1ccc2c(cnn2C)c1. The van der Waals surface area contributed by atoms with Crippen LogP contribution >= 0.6 is 0 Å². The lowest BCUT2D eigenvalue weighted by atomic mass is 10.1. The van der Waals surface area contributed by atoms with Crippen LogP contribution in [-0.4, -0.2) is 9.78 Å². The van der Waals surface area contributed by atoms with Gasteiger partial charge in [0.05, 0.1) is 11.7 Å². The van der Waals surface area contributed by atoms with Crippen LogP contribution < -0.4 is 5.73 Å². The molecule has 2 aromatic rings. The Balaban J connectivity index is 2.70. The molecular weight excluding hydrogens is 162 g/mol. The van der Waals surface area contributed by atoms with Crippen LogP contribution in [0, 0.1) is 0 Å². The molecule has 0 unspecified atom stereocenters. The summed E-state index contributed by atoms with van der Waals surface area (Å²) in [4.78, 5) is 0. The second-order valence-corrected chi connectivity index (χ2v) is 3.07. The highest BCUT2D eigenvalue weighted by Gasteiger charge is 2.00. The van der Waals surface area contributed by atoms with Crippen LogP contribution in [0.3, 0.4) is 0 Å². The number of benzene rings is 1.